The minimum absolute atomic E-state index is 0.00472. The van der Waals surface area contributed by atoms with E-state index in [1.54, 1.807) is 10.6 Å². The lowest BCUT2D eigenvalue weighted by molar-refractivity contribution is 0.273. The third-order valence-electron chi connectivity index (χ3n) is 1.59. The highest BCUT2D eigenvalue weighted by atomic mass is 16.3. The summed E-state index contributed by atoms with van der Waals surface area (Å²) in [6, 6.07) is 5.05. The molecule has 0 aromatic carbocycles. The first-order valence-corrected chi connectivity index (χ1v) is 3.53. The number of rotatable bonds is 2. The Morgan fingerprint density at radius 3 is 2.82 bits per heavy atom. The molecular formula is C8H11NO2. The third-order valence-corrected chi connectivity index (χ3v) is 1.59. The van der Waals surface area contributed by atoms with E-state index >= 15 is 0 Å². The molecule has 1 aromatic rings. The van der Waals surface area contributed by atoms with Crippen LogP contribution in [0.15, 0.2) is 23.0 Å². The average Bonchev–Trinajstić information content (AvgIpc) is 1.97. The summed E-state index contributed by atoms with van der Waals surface area (Å²) in [6.45, 7) is 2.23. The third kappa shape index (κ3) is 1.68. The molecule has 0 aliphatic heterocycles. The molecule has 0 radical (unpaired) electrons. The second-order valence-corrected chi connectivity index (χ2v) is 2.38. The zero-order chi connectivity index (χ0) is 8.27. The molecule has 3 nitrogen and oxygen atoms in total. The van der Waals surface area contributed by atoms with Crippen LogP contribution in [0.5, 0.6) is 0 Å². The fraction of sp³-hybridized carbons (Fsp3) is 0.375. The van der Waals surface area contributed by atoms with Crippen LogP contribution in [0.25, 0.3) is 0 Å². The molecule has 0 unspecified atom stereocenters. The van der Waals surface area contributed by atoms with Gasteiger partial charge in [0, 0.05) is 18.3 Å². The highest BCUT2D eigenvalue weighted by Gasteiger charge is 1.95. The van der Waals surface area contributed by atoms with Crippen molar-refractivity contribution < 1.29 is 5.11 Å². The summed E-state index contributed by atoms with van der Waals surface area (Å²) in [5.74, 6) is 0. The maximum atomic E-state index is 11.1. The molecule has 3 heteroatoms. The Morgan fingerprint density at radius 1 is 1.55 bits per heavy atom. The molecule has 1 rings (SSSR count). The van der Waals surface area contributed by atoms with Gasteiger partial charge >= 0.3 is 0 Å². The maximum absolute atomic E-state index is 11.1. The number of aliphatic hydroxyl groups excluding tert-OH is 1. The first kappa shape index (κ1) is 8.01. The SMILES string of the molecule is Cc1cccc(=O)n1CCO. The van der Waals surface area contributed by atoms with E-state index in [-0.39, 0.29) is 12.2 Å². The summed E-state index contributed by atoms with van der Waals surface area (Å²) < 4.78 is 1.54. The quantitative estimate of drug-likeness (QED) is 0.657. The summed E-state index contributed by atoms with van der Waals surface area (Å²) in [6.07, 6.45) is 0. The summed E-state index contributed by atoms with van der Waals surface area (Å²) in [5, 5.41) is 8.61. The molecule has 0 saturated carbocycles. The predicted octanol–water partition coefficient (Wildman–Crippen LogP) is 0.149. The summed E-state index contributed by atoms with van der Waals surface area (Å²) in [4.78, 5) is 11.1. The van der Waals surface area contributed by atoms with E-state index in [0.29, 0.717) is 6.54 Å². The van der Waals surface area contributed by atoms with Crippen LogP contribution in [0.1, 0.15) is 5.69 Å². The topological polar surface area (TPSA) is 42.2 Å². The molecule has 0 saturated heterocycles. The monoisotopic (exact) mass is 153 g/mol. The van der Waals surface area contributed by atoms with E-state index in [1.165, 1.54) is 6.07 Å². The lowest BCUT2D eigenvalue weighted by atomic mass is 10.3. The van der Waals surface area contributed by atoms with Gasteiger partial charge in [-0.05, 0) is 13.0 Å². The zero-order valence-corrected chi connectivity index (χ0v) is 6.45. The van der Waals surface area contributed by atoms with Crippen LogP contribution in [0.2, 0.25) is 0 Å². The Labute approximate surface area is 64.9 Å². The lowest BCUT2D eigenvalue weighted by Crippen LogP contribution is -2.22. The number of nitrogens with zero attached hydrogens (tertiary/aromatic N) is 1. The minimum atomic E-state index is -0.0564. The highest BCUT2D eigenvalue weighted by Crippen LogP contribution is 1.91. The van der Waals surface area contributed by atoms with Gasteiger partial charge in [-0.3, -0.25) is 4.79 Å². The van der Waals surface area contributed by atoms with Crippen LogP contribution >= 0.6 is 0 Å². The Bertz CT molecular complexity index is 290. The first-order valence-electron chi connectivity index (χ1n) is 3.53. The van der Waals surface area contributed by atoms with Crippen molar-refractivity contribution in [2.75, 3.05) is 6.61 Å². The van der Waals surface area contributed by atoms with Crippen LogP contribution in [0.3, 0.4) is 0 Å². The van der Waals surface area contributed by atoms with Crippen LogP contribution in [-0.2, 0) is 6.54 Å². The van der Waals surface area contributed by atoms with Crippen LogP contribution in [0, 0.1) is 6.92 Å². The number of aryl methyl sites for hydroxylation is 1. The van der Waals surface area contributed by atoms with Gasteiger partial charge < -0.3 is 9.67 Å². The Hall–Kier alpha value is -1.09. The summed E-state index contributed by atoms with van der Waals surface area (Å²) in [7, 11) is 0. The van der Waals surface area contributed by atoms with Crippen LogP contribution in [0.4, 0.5) is 0 Å². The van der Waals surface area contributed by atoms with Crippen molar-refractivity contribution in [3.8, 4) is 0 Å². The van der Waals surface area contributed by atoms with Crippen LogP contribution < -0.4 is 5.56 Å². The number of aromatic nitrogens is 1. The Balaban J connectivity index is 3.10. The van der Waals surface area contributed by atoms with Gasteiger partial charge in [-0.25, -0.2) is 0 Å². The molecule has 0 atom stereocenters. The van der Waals surface area contributed by atoms with Gasteiger partial charge in [-0.2, -0.15) is 0 Å². The van der Waals surface area contributed by atoms with Gasteiger partial charge in [0.15, 0.2) is 0 Å². The van der Waals surface area contributed by atoms with Gasteiger partial charge in [0.05, 0.1) is 6.61 Å². The Morgan fingerprint density at radius 2 is 2.27 bits per heavy atom. The van der Waals surface area contributed by atoms with E-state index in [4.69, 9.17) is 5.11 Å². The molecule has 0 bridgehead atoms. The second kappa shape index (κ2) is 3.34. The molecule has 1 N–H and O–H groups in total. The number of hydrogen-bond acceptors (Lipinski definition) is 2. The zero-order valence-electron chi connectivity index (χ0n) is 6.45. The largest absolute Gasteiger partial charge is 0.395 e. The van der Waals surface area contributed by atoms with Crippen molar-refractivity contribution in [3.05, 3.63) is 34.2 Å². The maximum Gasteiger partial charge on any atom is 0.250 e. The second-order valence-electron chi connectivity index (χ2n) is 2.38. The van der Waals surface area contributed by atoms with Crippen LogP contribution in [-0.4, -0.2) is 16.3 Å². The molecular weight excluding hydrogens is 142 g/mol. The summed E-state index contributed by atoms with van der Waals surface area (Å²) >= 11 is 0. The van der Waals surface area contributed by atoms with E-state index in [0.717, 1.165) is 5.69 Å². The number of pyridine rings is 1. The van der Waals surface area contributed by atoms with Crippen molar-refractivity contribution in [2.45, 2.75) is 13.5 Å². The van der Waals surface area contributed by atoms with Gasteiger partial charge in [-0.15, -0.1) is 0 Å². The standard InChI is InChI=1S/C8H11NO2/c1-7-3-2-4-8(11)9(7)5-6-10/h2-4,10H,5-6H2,1H3. The van der Waals surface area contributed by atoms with Gasteiger partial charge in [-0.1, -0.05) is 6.07 Å². The molecule has 0 aliphatic carbocycles. The van der Waals surface area contributed by atoms with Crippen molar-refractivity contribution in [3.63, 3.8) is 0 Å². The molecule has 0 spiro atoms. The molecule has 11 heavy (non-hydrogen) atoms. The first-order chi connectivity index (χ1) is 5.25. The van der Waals surface area contributed by atoms with Gasteiger partial charge in [0.1, 0.15) is 0 Å². The van der Waals surface area contributed by atoms with E-state index in [2.05, 4.69) is 0 Å². The molecule has 0 aliphatic rings. The molecule has 0 fully saturated rings. The number of aliphatic hydroxyl groups is 1. The minimum Gasteiger partial charge on any atom is -0.395 e. The lowest BCUT2D eigenvalue weighted by Gasteiger charge is -2.05. The van der Waals surface area contributed by atoms with Crippen molar-refractivity contribution in [2.24, 2.45) is 0 Å². The van der Waals surface area contributed by atoms with E-state index in [1.807, 2.05) is 13.0 Å². The van der Waals surface area contributed by atoms with Crippen molar-refractivity contribution >= 4 is 0 Å². The number of hydrogen-bond donors (Lipinski definition) is 1. The molecule has 1 heterocycles. The predicted molar refractivity (Wildman–Crippen MR) is 42.5 cm³/mol. The molecule has 1 aromatic heterocycles. The molecule has 60 valence electrons. The van der Waals surface area contributed by atoms with Gasteiger partial charge in [0.2, 0.25) is 0 Å². The summed E-state index contributed by atoms with van der Waals surface area (Å²) in [5.41, 5.74) is 0.825. The van der Waals surface area contributed by atoms with E-state index in [9.17, 15) is 4.79 Å². The molecule has 0 amide bonds. The van der Waals surface area contributed by atoms with Crippen molar-refractivity contribution in [1.29, 1.82) is 0 Å². The smallest absolute Gasteiger partial charge is 0.250 e. The normalized spacial score (nSPS) is 10.0. The fourth-order valence-corrected chi connectivity index (χ4v) is 1.01. The van der Waals surface area contributed by atoms with E-state index < -0.39 is 0 Å². The van der Waals surface area contributed by atoms with Crippen molar-refractivity contribution in [1.82, 2.24) is 4.57 Å². The Kier molecular flexibility index (Phi) is 2.44. The average molecular weight is 153 g/mol. The fourth-order valence-electron chi connectivity index (χ4n) is 1.01. The highest BCUT2D eigenvalue weighted by molar-refractivity contribution is 5.04. The van der Waals surface area contributed by atoms with Gasteiger partial charge in [0.25, 0.3) is 5.56 Å².